The summed E-state index contributed by atoms with van der Waals surface area (Å²) in [6, 6.07) is 5.94. The summed E-state index contributed by atoms with van der Waals surface area (Å²) >= 11 is 0. The summed E-state index contributed by atoms with van der Waals surface area (Å²) in [7, 11) is 0. The van der Waals surface area contributed by atoms with Gasteiger partial charge in [-0.2, -0.15) is 0 Å². The first kappa shape index (κ1) is 20.6. The number of carbonyl (C=O) groups is 1. The van der Waals surface area contributed by atoms with E-state index < -0.39 is 5.54 Å². The topological polar surface area (TPSA) is 73.6 Å². The Kier molecular flexibility index (Phi) is 6.93. The number of nitrogens with two attached hydrogens (primary N) is 1. The number of hydrogen-bond donors (Lipinski definition) is 2. The van der Waals surface area contributed by atoms with Crippen molar-refractivity contribution in [2.75, 3.05) is 19.8 Å². The number of carbonyl (C=O) groups excluding carboxylic acids is 1. The van der Waals surface area contributed by atoms with E-state index in [1.165, 1.54) is 0 Å². The molecule has 1 aliphatic rings. The van der Waals surface area contributed by atoms with Crippen molar-refractivity contribution in [2.24, 2.45) is 5.73 Å². The number of benzene rings is 1. The van der Waals surface area contributed by atoms with E-state index in [1.54, 1.807) is 6.92 Å². The fourth-order valence-electron chi connectivity index (χ4n) is 2.70. The highest BCUT2D eigenvalue weighted by molar-refractivity contribution is 5.85. The Labute approximate surface area is 150 Å². The van der Waals surface area contributed by atoms with E-state index in [0.717, 1.165) is 23.5 Å². The van der Waals surface area contributed by atoms with Gasteiger partial charge in [0.15, 0.2) is 11.5 Å². The molecule has 2 rings (SSSR count). The molecule has 1 aliphatic heterocycles. The van der Waals surface area contributed by atoms with Crippen molar-refractivity contribution in [3.05, 3.63) is 23.8 Å². The van der Waals surface area contributed by atoms with Gasteiger partial charge in [-0.1, -0.05) is 33.3 Å². The molecule has 1 aromatic carbocycles. The highest BCUT2D eigenvalue weighted by atomic mass is 35.5. The summed E-state index contributed by atoms with van der Waals surface area (Å²) in [6.07, 6.45) is 1.55. The van der Waals surface area contributed by atoms with Crippen molar-refractivity contribution < 1.29 is 14.3 Å². The number of fused-ring (bicyclic) bond motifs is 1. The van der Waals surface area contributed by atoms with Gasteiger partial charge in [-0.25, -0.2) is 0 Å². The molecule has 1 aromatic rings. The lowest BCUT2D eigenvalue weighted by Gasteiger charge is -2.30. The molecule has 1 heterocycles. The van der Waals surface area contributed by atoms with Crippen LogP contribution >= 0.6 is 12.4 Å². The predicted octanol–water partition coefficient (Wildman–Crippen LogP) is 2.79. The molecular formula is C18H29ClN2O3. The molecule has 5 nitrogen and oxygen atoms in total. The Morgan fingerprint density at radius 3 is 2.46 bits per heavy atom. The molecule has 0 aliphatic carbocycles. The molecule has 0 spiro atoms. The molecule has 0 fully saturated rings. The number of hydrogen-bond acceptors (Lipinski definition) is 4. The van der Waals surface area contributed by atoms with Gasteiger partial charge in [-0.3, -0.25) is 4.79 Å². The zero-order chi connectivity index (χ0) is 17.1. The maximum atomic E-state index is 12.3. The van der Waals surface area contributed by atoms with E-state index in [2.05, 4.69) is 19.2 Å². The lowest BCUT2D eigenvalue weighted by molar-refractivity contribution is -0.126. The highest BCUT2D eigenvalue weighted by Crippen LogP contribution is 2.34. The minimum absolute atomic E-state index is 0. The van der Waals surface area contributed by atoms with Crippen molar-refractivity contribution in [1.29, 1.82) is 0 Å². The van der Waals surface area contributed by atoms with E-state index in [0.29, 0.717) is 26.2 Å². The Morgan fingerprint density at radius 1 is 1.21 bits per heavy atom. The zero-order valence-electron chi connectivity index (χ0n) is 15.0. The minimum atomic E-state index is -0.822. The van der Waals surface area contributed by atoms with Crippen LogP contribution in [0.3, 0.4) is 0 Å². The second-order valence-corrected chi connectivity index (χ2v) is 7.09. The summed E-state index contributed by atoms with van der Waals surface area (Å²) in [5, 5.41) is 2.99. The largest absolute Gasteiger partial charge is 0.486 e. The van der Waals surface area contributed by atoms with Crippen LogP contribution < -0.4 is 20.5 Å². The fourth-order valence-corrected chi connectivity index (χ4v) is 2.70. The third-order valence-electron chi connectivity index (χ3n) is 4.30. The Hall–Kier alpha value is -1.46. The lowest BCUT2D eigenvalue weighted by atomic mass is 9.84. The van der Waals surface area contributed by atoms with Gasteiger partial charge in [0, 0.05) is 12.0 Å². The fraction of sp³-hybridized carbons (Fsp3) is 0.611. The van der Waals surface area contributed by atoms with Crippen LogP contribution in [0.5, 0.6) is 11.5 Å². The van der Waals surface area contributed by atoms with E-state index in [9.17, 15) is 4.79 Å². The molecule has 0 bridgehead atoms. The van der Waals surface area contributed by atoms with Gasteiger partial charge in [0.2, 0.25) is 5.91 Å². The van der Waals surface area contributed by atoms with Crippen molar-refractivity contribution in [3.63, 3.8) is 0 Å². The number of rotatable bonds is 6. The first-order valence-corrected chi connectivity index (χ1v) is 8.23. The normalized spacial score (nSPS) is 15.9. The molecular weight excluding hydrogens is 328 g/mol. The molecule has 136 valence electrons. The Bertz CT molecular complexity index is 573. The van der Waals surface area contributed by atoms with E-state index in [-0.39, 0.29) is 23.7 Å². The summed E-state index contributed by atoms with van der Waals surface area (Å²) in [5.74, 6) is 1.44. The molecule has 0 radical (unpaired) electrons. The number of nitrogens with one attached hydrogen (secondary N) is 1. The minimum Gasteiger partial charge on any atom is -0.486 e. The molecule has 1 atom stereocenters. The molecule has 0 saturated carbocycles. The second kappa shape index (κ2) is 8.08. The van der Waals surface area contributed by atoms with Crippen molar-refractivity contribution in [1.82, 2.24) is 5.32 Å². The van der Waals surface area contributed by atoms with Crippen molar-refractivity contribution >= 4 is 18.3 Å². The number of halogens is 1. The van der Waals surface area contributed by atoms with Crippen LogP contribution in [0.1, 0.15) is 46.1 Å². The van der Waals surface area contributed by atoms with Crippen LogP contribution in [0.15, 0.2) is 18.2 Å². The average molecular weight is 357 g/mol. The average Bonchev–Trinajstić information content (AvgIpc) is 2.52. The Morgan fingerprint density at radius 2 is 1.83 bits per heavy atom. The Balaban J connectivity index is 0.00000288. The second-order valence-electron chi connectivity index (χ2n) is 7.09. The smallest absolute Gasteiger partial charge is 0.239 e. The van der Waals surface area contributed by atoms with Gasteiger partial charge >= 0.3 is 0 Å². The number of ether oxygens (including phenoxy) is 2. The van der Waals surface area contributed by atoms with Crippen LogP contribution in [-0.2, 0) is 10.2 Å². The first-order valence-electron chi connectivity index (χ1n) is 8.23. The van der Waals surface area contributed by atoms with Gasteiger partial charge in [0.05, 0.1) is 5.54 Å². The van der Waals surface area contributed by atoms with Gasteiger partial charge < -0.3 is 20.5 Å². The standard InChI is InChI=1S/C18H28N2O3.ClH/c1-5-8-18(4,19)16(21)20-12-17(2,3)13-6-7-14-15(11-13)23-10-9-22-14;/h6-7,11H,5,8-10,12,19H2,1-4H3,(H,20,21);1H. The SMILES string of the molecule is CCCC(C)(N)C(=O)NCC(C)(C)c1ccc2c(c1)OCCO2.Cl. The highest BCUT2D eigenvalue weighted by Gasteiger charge is 2.30. The molecule has 0 aromatic heterocycles. The monoisotopic (exact) mass is 356 g/mol. The predicted molar refractivity (Wildman–Crippen MR) is 98.2 cm³/mol. The first-order chi connectivity index (χ1) is 10.8. The quantitative estimate of drug-likeness (QED) is 0.822. The maximum absolute atomic E-state index is 12.3. The van der Waals surface area contributed by atoms with Crippen LogP contribution in [0.2, 0.25) is 0 Å². The van der Waals surface area contributed by atoms with Crippen molar-refractivity contribution in [3.8, 4) is 11.5 Å². The maximum Gasteiger partial charge on any atom is 0.239 e. The summed E-state index contributed by atoms with van der Waals surface area (Å²) in [4.78, 5) is 12.3. The molecule has 0 saturated heterocycles. The molecule has 24 heavy (non-hydrogen) atoms. The third kappa shape index (κ3) is 4.77. The molecule has 3 N–H and O–H groups in total. The lowest BCUT2D eigenvalue weighted by Crippen LogP contribution is -2.53. The van der Waals surface area contributed by atoms with Gasteiger partial charge in [0.1, 0.15) is 13.2 Å². The van der Waals surface area contributed by atoms with E-state index in [1.807, 2.05) is 25.1 Å². The van der Waals surface area contributed by atoms with Gasteiger partial charge in [0.25, 0.3) is 0 Å². The summed E-state index contributed by atoms with van der Waals surface area (Å²) in [6.45, 7) is 9.65. The van der Waals surface area contributed by atoms with E-state index >= 15 is 0 Å². The van der Waals surface area contributed by atoms with Crippen LogP contribution in [0.25, 0.3) is 0 Å². The summed E-state index contributed by atoms with van der Waals surface area (Å²) in [5.41, 5.74) is 6.12. The van der Waals surface area contributed by atoms with Crippen LogP contribution in [0.4, 0.5) is 0 Å². The van der Waals surface area contributed by atoms with E-state index in [4.69, 9.17) is 15.2 Å². The molecule has 1 amide bonds. The molecule has 6 heteroatoms. The van der Waals surface area contributed by atoms with Crippen molar-refractivity contribution in [2.45, 2.75) is 51.5 Å². The van der Waals surface area contributed by atoms with Crippen LogP contribution in [0, 0.1) is 0 Å². The van der Waals surface area contributed by atoms with Gasteiger partial charge in [-0.15, -0.1) is 12.4 Å². The number of amides is 1. The third-order valence-corrected chi connectivity index (χ3v) is 4.30. The van der Waals surface area contributed by atoms with Gasteiger partial charge in [-0.05, 0) is 31.0 Å². The molecule has 1 unspecified atom stereocenters. The summed E-state index contributed by atoms with van der Waals surface area (Å²) < 4.78 is 11.2. The van der Waals surface area contributed by atoms with Crippen LogP contribution in [-0.4, -0.2) is 31.2 Å². The zero-order valence-corrected chi connectivity index (χ0v) is 15.8.